The highest BCUT2D eigenvalue weighted by Gasteiger charge is 2.12. The molecule has 1 amide bonds. The molecule has 0 aromatic heterocycles. The second-order valence-electron chi connectivity index (χ2n) is 6.38. The molecule has 0 aliphatic heterocycles. The van der Waals surface area contributed by atoms with Crippen LogP contribution in [0.4, 0.5) is 0 Å². The van der Waals surface area contributed by atoms with Crippen molar-refractivity contribution in [2.24, 2.45) is 0 Å². The van der Waals surface area contributed by atoms with Crippen LogP contribution < -0.4 is 5.32 Å². The number of hydrogen-bond acceptors (Lipinski definition) is 2. The van der Waals surface area contributed by atoms with E-state index in [1.807, 2.05) is 13.0 Å². The monoisotopic (exact) mass is 389 g/mol. The molecule has 0 bridgehead atoms. The number of aliphatic hydroxyl groups is 1. The van der Waals surface area contributed by atoms with Gasteiger partial charge in [0, 0.05) is 0 Å². The maximum atomic E-state index is 11.2. The van der Waals surface area contributed by atoms with Crippen LogP contribution in [0.1, 0.15) is 84.5 Å². The van der Waals surface area contributed by atoms with Crippen molar-refractivity contribution in [2.45, 2.75) is 96.6 Å². The summed E-state index contributed by atoms with van der Waals surface area (Å²) in [4.78, 5) is 11.2. The fraction of sp³-hybridized carbons (Fsp3) is 0.842. The van der Waals surface area contributed by atoms with Gasteiger partial charge in [-0.3, -0.25) is 4.79 Å². The Morgan fingerprint density at radius 1 is 1.04 bits per heavy atom. The summed E-state index contributed by atoms with van der Waals surface area (Å²) >= 11 is 3.10. The molecule has 0 saturated heterocycles. The van der Waals surface area contributed by atoms with Crippen molar-refractivity contribution in [1.82, 2.24) is 5.32 Å². The predicted octanol–water partition coefficient (Wildman–Crippen LogP) is 5.11. The number of rotatable bonds is 15. The van der Waals surface area contributed by atoms with Gasteiger partial charge in [-0.05, 0) is 19.8 Å². The molecule has 2 atom stereocenters. The Bertz CT molecular complexity index is 308. The van der Waals surface area contributed by atoms with Crippen LogP contribution >= 0.6 is 15.9 Å². The van der Waals surface area contributed by atoms with E-state index >= 15 is 0 Å². The first-order valence-corrected chi connectivity index (χ1v) is 10.4. The lowest BCUT2D eigenvalue weighted by Gasteiger charge is -2.16. The van der Waals surface area contributed by atoms with Gasteiger partial charge in [-0.25, -0.2) is 0 Å². The van der Waals surface area contributed by atoms with E-state index in [1.165, 1.54) is 64.2 Å². The summed E-state index contributed by atoms with van der Waals surface area (Å²) in [5.41, 5.74) is 0. The summed E-state index contributed by atoms with van der Waals surface area (Å²) in [5.74, 6) is -0.0976. The molecule has 4 heteroatoms. The second-order valence-corrected chi connectivity index (χ2v) is 6.94. The smallest absolute Gasteiger partial charge is 0.230 e. The molecule has 0 rings (SSSR count). The van der Waals surface area contributed by atoms with Crippen LogP contribution in [0.25, 0.3) is 0 Å². The minimum Gasteiger partial charge on any atom is -0.387 e. The standard InChI is InChI=1S/C19H36BrNO2/c1-3-4-5-6-7-8-9-10-11-12-13-14-15-18(22)17(2)21-19(23)16-20/h14-15,17-18,22H,3-13,16H2,1-2H3,(H,21,23)/b15-14+/t17-,18+/m1/s1. The molecule has 0 spiro atoms. The number of allylic oxidation sites excluding steroid dienone is 1. The summed E-state index contributed by atoms with van der Waals surface area (Å²) < 4.78 is 0. The summed E-state index contributed by atoms with van der Waals surface area (Å²) in [6.45, 7) is 4.07. The molecule has 2 N–H and O–H groups in total. The quantitative estimate of drug-likeness (QED) is 0.232. The lowest BCUT2D eigenvalue weighted by molar-refractivity contribution is -0.119. The van der Waals surface area contributed by atoms with Crippen molar-refractivity contribution in [3.05, 3.63) is 12.2 Å². The van der Waals surface area contributed by atoms with Crippen molar-refractivity contribution in [1.29, 1.82) is 0 Å². The summed E-state index contributed by atoms with van der Waals surface area (Å²) in [6.07, 6.45) is 17.6. The summed E-state index contributed by atoms with van der Waals surface area (Å²) in [6, 6.07) is -0.246. The number of amides is 1. The van der Waals surface area contributed by atoms with E-state index in [9.17, 15) is 9.90 Å². The number of carbonyl (C=O) groups excluding carboxylic acids is 1. The highest BCUT2D eigenvalue weighted by Crippen LogP contribution is 2.11. The molecule has 136 valence electrons. The SMILES string of the molecule is CCCCCCCCCCCC/C=C/[C@H](O)[C@@H](C)NC(=O)CBr. The van der Waals surface area contributed by atoms with Crippen LogP contribution in [0.3, 0.4) is 0 Å². The fourth-order valence-corrected chi connectivity index (χ4v) is 2.69. The zero-order chi connectivity index (χ0) is 17.3. The third-order valence-corrected chi connectivity index (χ3v) is 4.59. The third-order valence-electron chi connectivity index (χ3n) is 4.08. The molecule has 0 radical (unpaired) electrons. The minimum absolute atomic E-state index is 0.0976. The predicted molar refractivity (Wildman–Crippen MR) is 103 cm³/mol. The van der Waals surface area contributed by atoms with Gasteiger partial charge in [0.2, 0.25) is 5.91 Å². The summed E-state index contributed by atoms with van der Waals surface area (Å²) in [5, 5.41) is 12.9. The van der Waals surface area contributed by atoms with Crippen LogP contribution in [-0.4, -0.2) is 28.5 Å². The minimum atomic E-state index is -0.610. The molecule has 0 heterocycles. The second kappa shape index (κ2) is 16.5. The molecule has 0 aromatic rings. The van der Waals surface area contributed by atoms with Crippen molar-refractivity contribution < 1.29 is 9.90 Å². The first-order valence-electron chi connectivity index (χ1n) is 9.31. The Balaban J connectivity index is 3.44. The van der Waals surface area contributed by atoms with Crippen LogP contribution in [0.15, 0.2) is 12.2 Å². The maximum absolute atomic E-state index is 11.2. The third kappa shape index (κ3) is 14.9. The van der Waals surface area contributed by atoms with Crippen LogP contribution in [0, 0.1) is 0 Å². The van der Waals surface area contributed by atoms with Gasteiger partial charge in [0.15, 0.2) is 0 Å². The van der Waals surface area contributed by atoms with Gasteiger partial charge >= 0.3 is 0 Å². The van der Waals surface area contributed by atoms with Gasteiger partial charge in [0.05, 0.1) is 17.5 Å². The maximum Gasteiger partial charge on any atom is 0.230 e. The van der Waals surface area contributed by atoms with E-state index in [-0.39, 0.29) is 17.3 Å². The molecular formula is C19H36BrNO2. The first kappa shape index (κ1) is 22.6. The molecule has 0 saturated carbocycles. The van der Waals surface area contributed by atoms with E-state index in [0.29, 0.717) is 0 Å². The number of aliphatic hydroxyl groups excluding tert-OH is 1. The highest BCUT2D eigenvalue weighted by molar-refractivity contribution is 9.09. The lowest BCUT2D eigenvalue weighted by atomic mass is 10.1. The summed E-state index contributed by atoms with van der Waals surface area (Å²) in [7, 11) is 0. The molecule has 3 nitrogen and oxygen atoms in total. The normalized spacial score (nSPS) is 14.1. The molecule has 0 aliphatic rings. The number of unbranched alkanes of at least 4 members (excludes halogenated alkanes) is 10. The van der Waals surface area contributed by atoms with Gasteiger partial charge in [-0.15, -0.1) is 0 Å². The van der Waals surface area contributed by atoms with Crippen LogP contribution in [-0.2, 0) is 4.79 Å². The van der Waals surface area contributed by atoms with Crippen molar-refractivity contribution in [2.75, 3.05) is 5.33 Å². The fourth-order valence-electron chi connectivity index (χ4n) is 2.53. The Morgan fingerprint density at radius 3 is 2.09 bits per heavy atom. The van der Waals surface area contributed by atoms with Gasteiger partial charge in [0.1, 0.15) is 0 Å². The topological polar surface area (TPSA) is 49.3 Å². The van der Waals surface area contributed by atoms with E-state index in [4.69, 9.17) is 0 Å². The van der Waals surface area contributed by atoms with Crippen LogP contribution in [0.5, 0.6) is 0 Å². The Hall–Kier alpha value is -0.350. The number of halogens is 1. The zero-order valence-electron chi connectivity index (χ0n) is 15.0. The van der Waals surface area contributed by atoms with E-state index in [2.05, 4.69) is 28.2 Å². The molecular weight excluding hydrogens is 354 g/mol. The number of carbonyl (C=O) groups is 1. The zero-order valence-corrected chi connectivity index (χ0v) is 16.6. The lowest BCUT2D eigenvalue weighted by Crippen LogP contribution is -2.40. The number of hydrogen-bond donors (Lipinski definition) is 2. The highest BCUT2D eigenvalue weighted by atomic mass is 79.9. The van der Waals surface area contributed by atoms with E-state index < -0.39 is 6.10 Å². The van der Waals surface area contributed by atoms with Crippen molar-refractivity contribution in [3.63, 3.8) is 0 Å². The molecule has 0 aliphatic carbocycles. The Labute approximate surface area is 151 Å². The first-order chi connectivity index (χ1) is 11.1. The Kier molecular flexibility index (Phi) is 16.3. The van der Waals surface area contributed by atoms with Gasteiger partial charge in [-0.2, -0.15) is 0 Å². The Morgan fingerprint density at radius 2 is 1.57 bits per heavy atom. The number of alkyl halides is 1. The average molecular weight is 390 g/mol. The van der Waals surface area contributed by atoms with E-state index in [1.54, 1.807) is 6.08 Å². The van der Waals surface area contributed by atoms with Gasteiger partial charge in [-0.1, -0.05) is 92.8 Å². The van der Waals surface area contributed by atoms with Crippen molar-refractivity contribution in [3.8, 4) is 0 Å². The van der Waals surface area contributed by atoms with E-state index in [0.717, 1.165) is 6.42 Å². The van der Waals surface area contributed by atoms with Crippen molar-refractivity contribution >= 4 is 21.8 Å². The molecule has 0 unspecified atom stereocenters. The molecule has 0 aromatic carbocycles. The molecule has 23 heavy (non-hydrogen) atoms. The number of nitrogens with one attached hydrogen (secondary N) is 1. The average Bonchev–Trinajstić information content (AvgIpc) is 2.55. The van der Waals surface area contributed by atoms with Crippen LogP contribution in [0.2, 0.25) is 0 Å². The molecule has 0 fully saturated rings. The van der Waals surface area contributed by atoms with Gasteiger partial charge < -0.3 is 10.4 Å². The van der Waals surface area contributed by atoms with Gasteiger partial charge in [0.25, 0.3) is 0 Å². The largest absolute Gasteiger partial charge is 0.387 e.